The van der Waals surface area contributed by atoms with Crippen molar-refractivity contribution in [1.82, 2.24) is 30.0 Å². The van der Waals surface area contributed by atoms with Crippen molar-refractivity contribution in [2.75, 3.05) is 12.4 Å². The molecular weight excluding hydrogens is 418 g/mol. The predicted octanol–water partition coefficient (Wildman–Crippen LogP) is 4.25. The Hall–Kier alpha value is -4.66. The average Bonchev–Trinajstić information content (AvgIpc) is 3.44. The van der Waals surface area contributed by atoms with Crippen molar-refractivity contribution in [2.45, 2.75) is 0 Å². The zero-order valence-electron chi connectivity index (χ0n) is 18.0. The van der Waals surface area contributed by atoms with E-state index in [0.29, 0.717) is 23.3 Å². The summed E-state index contributed by atoms with van der Waals surface area (Å²) in [6.07, 6.45) is 1.54. The maximum atomic E-state index is 11.8. The molecule has 0 aliphatic rings. The zero-order chi connectivity index (χ0) is 22.8. The Labute approximate surface area is 189 Å². The first-order chi connectivity index (χ1) is 16.1. The van der Waals surface area contributed by atoms with Crippen LogP contribution in [-0.4, -0.2) is 37.7 Å². The molecule has 0 saturated heterocycles. The van der Waals surface area contributed by atoms with Crippen LogP contribution in [0.25, 0.3) is 22.3 Å². The van der Waals surface area contributed by atoms with Gasteiger partial charge in [-0.2, -0.15) is 5.10 Å². The van der Waals surface area contributed by atoms with E-state index in [1.807, 2.05) is 66.2 Å². The van der Waals surface area contributed by atoms with E-state index in [-0.39, 0.29) is 11.6 Å². The number of pyridine rings is 1. The number of nitrogens with zero attached hydrogens (tertiary/aromatic N) is 4. The maximum Gasteiger partial charge on any atom is 0.269 e. The topological polar surface area (TPSA) is 110 Å². The first-order valence-electron chi connectivity index (χ1n) is 10.3. The van der Waals surface area contributed by atoms with Gasteiger partial charge in [-0.1, -0.05) is 30.3 Å². The summed E-state index contributed by atoms with van der Waals surface area (Å²) in [5.74, 6) is 2.17. The summed E-state index contributed by atoms with van der Waals surface area (Å²) in [6.45, 7) is 0. The zero-order valence-corrected chi connectivity index (χ0v) is 18.0. The summed E-state index contributed by atoms with van der Waals surface area (Å²) >= 11 is 0. The Bertz CT molecular complexity index is 1440. The second kappa shape index (κ2) is 8.46. The van der Waals surface area contributed by atoms with Crippen LogP contribution in [-0.2, 0) is 7.05 Å². The average molecular weight is 439 g/mol. The second-order valence-electron chi connectivity index (χ2n) is 7.36. The SMILES string of the molecule is CNC(=O)c1cc(Oc2ccc3c(c2)nc(Nc2cc(-c4ccccc4)[nH]n2)n3C)ccn1. The highest BCUT2D eigenvalue weighted by atomic mass is 16.5. The quantitative estimate of drug-likeness (QED) is 0.365. The highest BCUT2D eigenvalue weighted by Gasteiger charge is 2.12. The fourth-order valence-corrected chi connectivity index (χ4v) is 3.48. The van der Waals surface area contributed by atoms with Crippen molar-refractivity contribution in [2.24, 2.45) is 7.05 Å². The lowest BCUT2D eigenvalue weighted by molar-refractivity contribution is 0.0958. The number of carbonyl (C=O) groups is 1. The van der Waals surface area contributed by atoms with E-state index in [2.05, 4.69) is 25.8 Å². The number of H-pyrrole nitrogens is 1. The largest absolute Gasteiger partial charge is 0.457 e. The number of hydrogen-bond donors (Lipinski definition) is 3. The lowest BCUT2D eigenvalue weighted by atomic mass is 10.2. The van der Waals surface area contributed by atoms with Crippen molar-refractivity contribution in [3.63, 3.8) is 0 Å². The molecule has 0 spiro atoms. The lowest BCUT2D eigenvalue weighted by Crippen LogP contribution is -2.18. The number of carbonyl (C=O) groups excluding carboxylic acids is 1. The molecule has 164 valence electrons. The Kier molecular flexibility index (Phi) is 5.19. The van der Waals surface area contributed by atoms with Gasteiger partial charge in [-0.25, -0.2) is 4.98 Å². The van der Waals surface area contributed by atoms with Gasteiger partial charge >= 0.3 is 0 Å². The molecule has 0 aliphatic heterocycles. The Balaban J connectivity index is 1.38. The molecule has 0 fully saturated rings. The number of imidazole rings is 1. The molecule has 0 saturated carbocycles. The van der Waals surface area contributed by atoms with Crippen LogP contribution in [0.3, 0.4) is 0 Å². The van der Waals surface area contributed by atoms with Gasteiger partial charge in [0.2, 0.25) is 5.95 Å². The Morgan fingerprint density at radius 1 is 1.03 bits per heavy atom. The second-order valence-corrected chi connectivity index (χ2v) is 7.36. The number of benzene rings is 2. The van der Waals surface area contributed by atoms with Gasteiger partial charge in [0, 0.05) is 38.5 Å². The normalized spacial score (nSPS) is 10.8. The molecule has 2 aromatic carbocycles. The van der Waals surface area contributed by atoms with Crippen molar-refractivity contribution in [1.29, 1.82) is 0 Å². The van der Waals surface area contributed by atoms with Gasteiger partial charge in [0.1, 0.15) is 17.2 Å². The molecule has 3 N–H and O–H groups in total. The number of nitrogens with one attached hydrogen (secondary N) is 3. The Morgan fingerprint density at radius 2 is 1.85 bits per heavy atom. The van der Waals surface area contributed by atoms with Crippen LogP contribution in [0, 0.1) is 0 Å². The van der Waals surface area contributed by atoms with Gasteiger partial charge in [-0.3, -0.25) is 14.9 Å². The minimum atomic E-state index is -0.273. The van der Waals surface area contributed by atoms with Crippen molar-refractivity contribution < 1.29 is 9.53 Å². The van der Waals surface area contributed by atoms with E-state index in [4.69, 9.17) is 9.72 Å². The fraction of sp³-hybridized carbons (Fsp3) is 0.0833. The van der Waals surface area contributed by atoms with Gasteiger partial charge in [-0.05, 0) is 23.8 Å². The summed E-state index contributed by atoms with van der Waals surface area (Å²) < 4.78 is 7.89. The van der Waals surface area contributed by atoms with Gasteiger partial charge < -0.3 is 19.9 Å². The molecule has 0 bridgehead atoms. The third kappa shape index (κ3) is 4.11. The third-order valence-electron chi connectivity index (χ3n) is 5.18. The van der Waals surface area contributed by atoms with Crippen LogP contribution in [0.5, 0.6) is 11.5 Å². The van der Waals surface area contributed by atoms with Crippen molar-refractivity contribution in [3.05, 3.63) is 78.6 Å². The Morgan fingerprint density at radius 3 is 2.67 bits per heavy atom. The first-order valence-corrected chi connectivity index (χ1v) is 10.3. The number of fused-ring (bicyclic) bond motifs is 1. The van der Waals surface area contributed by atoms with E-state index >= 15 is 0 Å². The molecule has 0 atom stereocenters. The first kappa shape index (κ1) is 20.3. The molecule has 0 radical (unpaired) electrons. The minimum absolute atomic E-state index is 0.273. The number of aromatic nitrogens is 5. The minimum Gasteiger partial charge on any atom is -0.457 e. The van der Waals surface area contributed by atoms with Crippen LogP contribution < -0.4 is 15.4 Å². The van der Waals surface area contributed by atoms with E-state index < -0.39 is 0 Å². The summed E-state index contributed by atoms with van der Waals surface area (Å²) in [5, 5.41) is 13.2. The maximum absolute atomic E-state index is 11.8. The molecule has 0 aliphatic carbocycles. The summed E-state index contributed by atoms with van der Waals surface area (Å²) in [4.78, 5) is 20.6. The molecule has 0 unspecified atom stereocenters. The summed E-state index contributed by atoms with van der Waals surface area (Å²) in [6, 6.07) is 20.9. The predicted molar refractivity (Wildman–Crippen MR) is 126 cm³/mol. The van der Waals surface area contributed by atoms with Gasteiger partial charge in [-0.15, -0.1) is 0 Å². The molecule has 9 heteroatoms. The van der Waals surface area contributed by atoms with Crippen LogP contribution in [0.15, 0.2) is 72.9 Å². The number of ether oxygens (including phenoxy) is 1. The van der Waals surface area contributed by atoms with Crippen LogP contribution >= 0.6 is 0 Å². The number of hydrogen-bond acceptors (Lipinski definition) is 6. The van der Waals surface area contributed by atoms with Crippen LogP contribution in [0.2, 0.25) is 0 Å². The van der Waals surface area contributed by atoms with Gasteiger partial charge in [0.25, 0.3) is 5.91 Å². The molecule has 33 heavy (non-hydrogen) atoms. The lowest BCUT2D eigenvalue weighted by Gasteiger charge is -2.07. The van der Waals surface area contributed by atoms with Gasteiger partial charge in [0.05, 0.1) is 16.7 Å². The number of rotatable bonds is 6. The molecule has 5 aromatic rings. The number of anilines is 2. The molecular formula is C24H21N7O2. The van der Waals surface area contributed by atoms with Crippen molar-refractivity contribution >= 4 is 28.7 Å². The number of aromatic amines is 1. The molecule has 3 heterocycles. The molecule has 5 rings (SSSR count). The molecule has 3 aromatic heterocycles. The van der Waals surface area contributed by atoms with E-state index in [1.54, 1.807) is 19.2 Å². The summed E-state index contributed by atoms with van der Waals surface area (Å²) in [5.41, 5.74) is 3.96. The number of aryl methyl sites for hydroxylation is 1. The smallest absolute Gasteiger partial charge is 0.269 e. The highest BCUT2D eigenvalue weighted by Crippen LogP contribution is 2.28. The highest BCUT2D eigenvalue weighted by molar-refractivity contribution is 5.92. The van der Waals surface area contributed by atoms with Crippen LogP contribution in [0.1, 0.15) is 10.5 Å². The molecule has 1 amide bonds. The van der Waals surface area contributed by atoms with E-state index in [1.165, 1.54) is 6.20 Å². The van der Waals surface area contributed by atoms with E-state index in [0.717, 1.165) is 22.3 Å². The van der Waals surface area contributed by atoms with Crippen molar-refractivity contribution in [3.8, 4) is 22.8 Å². The molecule has 9 nitrogen and oxygen atoms in total. The summed E-state index contributed by atoms with van der Waals surface area (Å²) in [7, 11) is 3.49. The van der Waals surface area contributed by atoms with Crippen LogP contribution in [0.4, 0.5) is 11.8 Å². The third-order valence-corrected chi connectivity index (χ3v) is 5.18. The van der Waals surface area contributed by atoms with E-state index in [9.17, 15) is 4.79 Å². The fourth-order valence-electron chi connectivity index (χ4n) is 3.48. The van der Waals surface area contributed by atoms with Gasteiger partial charge in [0.15, 0.2) is 5.82 Å². The number of amides is 1. The standard InChI is InChI=1S/C24H21N7O2/c1-25-23(32)20-13-17(10-11-26-20)33-16-8-9-21-19(12-16)27-24(31(21)2)28-22-14-18(29-30-22)15-6-4-3-5-7-15/h3-14H,1-2H3,(H,25,32)(H2,27,28,29,30). The monoisotopic (exact) mass is 439 g/mol.